The highest BCUT2D eigenvalue weighted by atomic mass is 35.5. The van der Waals surface area contributed by atoms with E-state index < -0.39 is 0 Å². The molecule has 2 nitrogen and oxygen atoms in total. The number of hydrogen-bond acceptors (Lipinski definition) is 2. The van der Waals surface area contributed by atoms with Crippen molar-refractivity contribution in [2.45, 2.75) is 57.8 Å². The van der Waals surface area contributed by atoms with Gasteiger partial charge in [-0.05, 0) is 36.4 Å². The normalized spacial score (nSPS) is 18.0. The van der Waals surface area contributed by atoms with E-state index in [1.807, 2.05) is 0 Å². The van der Waals surface area contributed by atoms with Crippen LogP contribution in [-0.2, 0) is 0 Å². The molecule has 0 spiro atoms. The molecule has 0 aromatic carbocycles. The van der Waals surface area contributed by atoms with Gasteiger partial charge < -0.3 is 0 Å². The number of halogens is 1. The Hall–Kier alpha value is -0.630. The van der Waals surface area contributed by atoms with Crippen LogP contribution in [0.5, 0.6) is 0 Å². The van der Waals surface area contributed by atoms with Gasteiger partial charge in [0.1, 0.15) is 0 Å². The molecule has 1 saturated carbocycles. The van der Waals surface area contributed by atoms with Crippen molar-refractivity contribution in [3.63, 3.8) is 0 Å². The van der Waals surface area contributed by atoms with Gasteiger partial charge in [0.15, 0.2) is 0 Å². The minimum atomic E-state index is 0.409. The Morgan fingerprint density at radius 1 is 1.19 bits per heavy atom. The first-order chi connectivity index (χ1) is 7.66. The molecule has 0 saturated heterocycles. The van der Waals surface area contributed by atoms with E-state index in [2.05, 4.69) is 29.9 Å². The van der Waals surface area contributed by atoms with Gasteiger partial charge in [-0.2, -0.15) is 0 Å². The summed E-state index contributed by atoms with van der Waals surface area (Å²) < 4.78 is 0. The standard InChI is InChI=1S/C13H19ClN2/c1-9(2)11-8-12(16-13(14)15-11)10-6-4-3-5-7-10/h8-10H,3-7H2,1-2H3. The molecule has 0 unspecified atom stereocenters. The van der Waals surface area contributed by atoms with Gasteiger partial charge in [0, 0.05) is 17.3 Å². The van der Waals surface area contributed by atoms with Crippen LogP contribution in [-0.4, -0.2) is 9.97 Å². The molecule has 88 valence electrons. The summed E-state index contributed by atoms with van der Waals surface area (Å²) in [5.74, 6) is 1.02. The molecule has 0 radical (unpaired) electrons. The van der Waals surface area contributed by atoms with E-state index >= 15 is 0 Å². The zero-order valence-corrected chi connectivity index (χ0v) is 10.8. The van der Waals surface area contributed by atoms with Gasteiger partial charge in [-0.3, -0.25) is 0 Å². The van der Waals surface area contributed by atoms with Gasteiger partial charge in [-0.15, -0.1) is 0 Å². The fourth-order valence-electron chi connectivity index (χ4n) is 2.36. The second kappa shape index (κ2) is 5.13. The van der Waals surface area contributed by atoms with Gasteiger partial charge in [0.2, 0.25) is 5.28 Å². The molecule has 16 heavy (non-hydrogen) atoms. The molecule has 1 fully saturated rings. The minimum Gasteiger partial charge on any atom is -0.223 e. The molecule has 0 amide bonds. The van der Waals surface area contributed by atoms with Crippen LogP contribution in [0, 0.1) is 0 Å². The summed E-state index contributed by atoms with van der Waals surface area (Å²) in [7, 11) is 0. The van der Waals surface area contributed by atoms with Crippen molar-refractivity contribution in [3.8, 4) is 0 Å². The van der Waals surface area contributed by atoms with E-state index in [-0.39, 0.29) is 0 Å². The van der Waals surface area contributed by atoms with Crippen LogP contribution < -0.4 is 0 Å². The minimum absolute atomic E-state index is 0.409. The highest BCUT2D eigenvalue weighted by Crippen LogP contribution is 2.32. The molecule has 0 aliphatic heterocycles. The van der Waals surface area contributed by atoms with Gasteiger partial charge in [-0.1, -0.05) is 33.1 Å². The molecule has 3 heteroatoms. The van der Waals surface area contributed by atoms with E-state index in [9.17, 15) is 0 Å². The largest absolute Gasteiger partial charge is 0.223 e. The summed E-state index contributed by atoms with van der Waals surface area (Å²) in [6.07, 6.45) is 6.52. The Kier molecular flexibility index (Phi) is 3.80. The number of nitrogens with zero attached hydrogens (tertiary/aromatic N) is 2. The molecule has 1 aliphatic carbocycles. The van der Waals surface area contributed by atoms with Gasteiger partial charge in [0.25, 0.3) is 0 Å². The van der Waals surface area contributed by atoms with Crippen molar-refractivity contribution < 1.29 is 0 Å². The van der Waals surface area contributed by atoms with Gasteiger partial charge in [-0.25, -0.2) is 9.97 Å². The topological polar surface area (TPSA) is 25.8 Å². The molecule has 1 aliphatic rings. The summed E-state index contributed by atoms with van der Waals surface area (Å²) in [5.41, 5.74) is 2.23. The maximum absolute atomic E-state index is 5.99. The number of rotatable bonds is 2. The maximum Gasteiger partial charge on any atom is 0.222 e. The SMILES string of the molecule is CC(C)c1cc(C2CCCCC2)nc(Cl)n1. The van der Waals surface area contributed by atoms with E-state index in [0.717, 1.165) is 11.4 Å². The van der Waals surface area contributed by atoms with E-state index in [4.69, 9.17) is 11.6 Å². The molecule has 1 heterocycles. The summed E-state index contributed by atoms with van der Waals surface area (Å²) in [6, 6.07) is 2.15. The first-order valence-corrected chi connectivity index (χ1v) is 6.59. The molecular formula is C13H19ClN2. The Morgan fingerprint density at radius 3 is 2.50 bits per heavy atom. The Bertz CT molecular complexity index is 357. The summed E-state index contributed by atoms with van der Waals surface area (Å²) in [6.45, 7) is 4.28. The van der Waals surface area contributed by atoms with Crippen molar-refractivity contribution in [2.24, 2.45) is 0 Å². The second-order valence-electron chi connectivity index (χ2n) is 4.98. The summed E-state index contributed by atoms with van der Waals surface area (Å²) >= 11 is 5.99. The molecule has 1 aromatic heterocycles. The lowest BCUT2D eigenvalue weighted by molar-refractivity contribution is 0.435. The van der Waals surface area contributed by atoms with E-state index in [1.54, 1.807) is 0 Å². The van der Waals surface area contributed by atoms with Gasteiger partial charge >= 0.3 is 0 Å². The Morgan fingerprint density at radius 2 is 1.88 bits per heavy atom. The highest BCUT2D eigenvalue weighted by molar-refractivity contribution is 6.28. The lowest BCUT2D eigenvalue weighted by Crippen LogP contribution is -2.08. The maximum atomic E-state index is 5.99. The average molecular weight is 239 g/mol. The van der Waals surface area contributed by atoms with Crippen LogP contribution in [0.25, 0.3) is 0 Å². The Labute approximate surface area is 102 Å². The third-order valence-corrected chi connectivity index (χ3v) is 3.52. The smallest absolute Gasteiger partial charge is 0.222 e. The van der Waals surface area contributed by atoms with E-state index in [0.29, 0.717) is 17.1 Å². The van der Waals surface area contributed by atoms with Crippen LogP contribution in [0.15, 0.2) is 6.07 Å². The van der Waals surface area contributed by atoms with Crippen molar-refractivity contribution in [3.05, 3.63) is 22.7 Å². The third-order valence-electron chi connectivity index (χ3n) is 3.35. The van der Waals surface area contributed by atoms with Crippen LogP contribution in [0.4, 0.5) is 0 Å². The van der Waals surface area contributed by atoms with Crippen molar-refractivity contribution >= 4 is 11.6 Å². The van der Waals surface area contributed by atoms with Crippen molar-refractivity contribution in [1.82, 2.24) is 9.97 Å². The van der Waals surface area contributed by atoms with Gasteiger partial charge in [0.05, 0.1) is 0 Å². The lowest BCUT2D eigenvalue weighted by Gasteiger charge is -2.21. The number of hydrogen-bond donors (Lipinski definition) is 0. The third kappa shape index (κ3) is 2.73. The predicted octanol–water partition coefficient (Wildman–Crippen LogP) is 4.30. The molecule has 0 N–H and O–H groups in total. The van der Waals surface area contributed by atoms with Crippen LogP contribution in [0.2, 0.25) is 5.28 Å². The molecule has 0 atom stereocenters. The van der Waals surface area contributed by atoms with Crippen molar-refractivity contribution in [1.29, 1.82) is 0 Å². The molecule has 2 rings (SSSR count). The quantitative estimate of drug-likeness (QED) is 0.718. The summed E-state index contributed by atoms with van der Waals surface area (Å²) in [5, 5.41) is 0.409. The second-order valence-corrected chi connectivity index (χ2v) is 5.31. The van der Waals surface area contributed by atoms with Crippen LogP contribution >= 0.6 is 11.6 Å². The van der Waals surface area contributed by atoms with E-state index in [1.165, 1.54) is 32.1 Å². The summed E-state index contributed by atoms with van der Waals surface area (Å²) in [4.78, 5) is 8.68. The first kappa shape index (κ1) is 11.8. The van der Waals surface area contributed by atoms with Crippen LogP contribution in [0.1, 0.15) is 69.2 Å². The fourth-order valence-corrected chi connectivity index (χ4v) is 2.55. The fraction of sp³-hybridized carbons (Fsp3) is 0.692. The van der Waals surface area contributed by atoms with Crippen molar-refractivity contribution in [2.75, 3.05) is 0 Å². The highest BCUT2D eigenvalue weighted by Gasteiger charge is 2.18. The molecular weight excluding hydrogens is 220 g/mol. The Balaban J connectivity index is 2.25. The zero-order valence-electron chi connectivity index (χ0n) is 10.0. The lowest BCUT2D eigenvalue weighted by atomic mass is 9.86. The molecule has 1 aromatic rings. The van der Waals surface area contributed by atoms with Crippen LogP contribution in [0.3, 0.4) is 0 Å². The zero-order chi connectivity index (χ0) is 11.5. The first-order valence-electron chi connectivity index (χ1n) is 6.21. The molecule has 0 bridgehead atoms. The monoisotopic (exact) mass is 238 g/mol. The average Bonchev–Trinajstić information content (AvgIpc) is 2.29. The number of aromatic nitrogens is 2. The predicted molar refractivity (Wildman–Crippen MR) is 67.0 cm³/mol.